The molecule has 168 valence electrons. The molecule has 0 aliphatic heterocycles. The molecule has 2 aromatic heterocycles. The van der Waals surface area contributed by atoms with Crippen LogP contribution in [0.4, 0.5) is 4.39 Å². The van der Waals surface area contributed by atoms with E-state index in [1.165, 1.54) is 6.07 Å². The Morgan fingerprint density at radius 2 is 1.97 bits per heavy atom. The Balaban J connectivity index is 1.43. The Labute approximate surface area is 185 Å². The lowest BCUT2D eigenvalue weighted by molar-refractivity contribution is 0.0945. The average Bonchev–Trinajstić information content (AvgIpc) is 3.24. The van der Waals surface area contributed by atoms with Gasteiger partial charge in [0.15, 0.2) is 0 Å². The van der Waals surface area contributed by atoms with Gasteiger partial charge in [-0.15, -0.1) is 10.2 Å². The molecular formula is C23H27FN6O2. The second-order valence-corrected chi connectivity index (χ2v) is 8.49. The Bertz CT molecular complexity index is 1110. The van der Waals surface area contributed by atoms with E-state index in [0.717, 1.165) is 31.2 Å². The summed E-state index contributed by atoms with van der Waals surface area (Å²) in [6.45, 7) is 4.43. The highest BCUT2D eigenvalue weighted by Crippen LogP contribution is 2.25. The number of carbonyl (C=O) groups is 1. The second kappa shape index (κ2) is 9.52. The molecule has 1 aromatic carbocycles. The largest absolute Gasteiger partial charge is 0.393 e. The van der Waals surface area contributed by atoms with Gasteiger partial charge >= 0.3 is 0 Å². The maximum atomic E-state index is 13.4. The zero-order valence-corrected chi connectivity index (χ0v) is 18.3. The molecule has 3 aromatic rings. The minimum absolute atomic E-state index is 0.193. The van der Waals surface area contributed by atoms with Crippen molar-refractivity contribution in [1.29, 1.82) is 0 Å². The van der Waals surface area contributed by atoms with Gasteiger partial charge in [-0.2, -0.15) is 4.80 Å². The number of carbonyl (C=O) groups excluding carboxylic acids is 1. The summed E-state index contributed by atoms with van der Waals surface area (Å²) < 4.78 is 13.4. The summed E-state index contributed by atoms with van der Waals surface area (Å²) >= 11 is 0. The van der Waals surface area contributed by atoms with Crippen molar-refractivity contribution in [3.05, 3.63) is 58.7 Å². The van der Waals surface area contributed by atoms with Crippen LogP contribution in [0.5, 0.6) is 0 Å². The molecule has 4 rings (SSSR count). The fraction of sp³-hybridized carbons (Fsp3) is 0.435. The highest BCUT2D eigenvalue weighted by molar-refractivity contribution is 5.93. The molecule has 9 heteroatoms. The van der Waals surface area contributed by atoms with Crippen LogP contribution in [0.1, 0.15) is 53.0 Å². The summed E-state index contributed by atoms with van der Waals surface area (Å²) in [6.07, 6.45) is 3.33. The van der Waals surface area contributed by atoms with Crippen molar-refractivity contribution in [2.45, 2.75) is 58.7 Å². The summed E-state index contributed by atoms with van der Waals surface area (Å²) in [5, 5.41) is 25.3. The minimum Gasteiger partial charge on any atom is -0.393 e. The van der Waals surface area contributed by atoms with Crippen LogP contribution in [0.2, 0.25) is 0 Å². The number of halogens is 1. The molecule has 2 heterocycles. The fourth-order valence-corrected chi connectivity index (χ4v) is 4.00. The van der Waals surface area contributed by atoms with Gasteiger partial charge < -0.3 is 10.4 Å². The summed E-state index contributed by atoms with van der Waals surface area (Å²) in [5.74, 6) is 0.266. The maximum Gasteiger partial charge on any atom is 0.270 e. The van der Waals surface area contributed by atoms with Crippen LogP contribution in [0, 0.1) is 25.6 Å². The molecule has 1 aliphatic rings. The van der Waals surface area contributed by atoms with Gasteiger partial charge in [0.1, 0.15) is 11.5 Å². The molecular weight excluding hydrogens is 411 g/mol. The number of amides is 1. The first kappa shape index (κ1) is 22.0. The zero-order chi connectivity index (χ0) is 22.7. The number of tetrazole rings is 1. The van der Waals surface area contributed by atoms with Crippen LogP contribution in [-0.2, 0) is 13.1 Å². The maximum absolute atomic E-state index is 13.4. The number of benzene rings is 1. The van der Waals surface area contributed by atoms with Crippen LogP contribution in [-0.4, -0.2) is 42.3 Å². The zero-order valence-electron chi connectivity index (χ0n) is 18.3. The van der Waals surface area contributed by atoms with E-state index in [9.17, 15) is 14.3 Å². The number of aliphatic hydroxyl groups excluding tert-OH is 1. The number of pyridine rings is 1. The predicted octanol–water partition coefficient (Wildman–Crippen LogP) is 2.97. The Kier molecular flexibility index (Phi) is 6.55. The van der Waals surface area contributed by atoms with E-state index in [2.05, 4.69) is 25.7 Å². The van der Waals surface area contributed by atoms with E-state index >= 15 is 0 Å². The van der Waals surface area contributed by atoms with Gasteiger partial charge in [-0.25, -0.2) is 9.37 Å². The second-order valence-electron chi connectivity index (χ2n) is 8.49. The first-order chi connectivity index (χ1) is 15.4. The van der Waals surface area contributed by atoms with E-state index in [1.54, 1.807) is 36.8 Å². The number of nitrogens with zero attached hydrogens (tertiary/aromatic N) is 5. The predicted molar refractivity (Wildman–Crippen MR) is 116 cm³/mol. The molecule has 1 aliphatic carbocycles. The first-order valence-corrected chi connectivity index (χ1v) is 10.9. The Morgan fingerprint density at radius 1 is 1.19 bits per heavy atom. The summed E-state index contributed by atoms with van der Waals surface area (Å²) in [5.41, 5.74) is 2.95. The van der Waals surface area contributed by atoms with Crippen molar-refractivity contribution in [3.63, 3.8) is 0 Å². The van der Waals surface area contributed by atoms with Gasteiger partial charge in [-0.05, 0) is 80.0 Å². The summed E-state index contributed by atoms with van der Waals surface area (Å²) in [4.78, 5) is 18.6. The van der Waals surface area contributed by atoms with Gasteiger partial charge in [0, 0.05) is 17.8 Å². The molecule has 0 spiro atoms. The van der Waals surface area contributed by atoms with Crippen molar-refractivity contribution in [2.75, 3.05) is 0 Å². The lowest BCUT2D eigenvalue weighted by Crippen LogP contribution is -2.24. The SMILES string of the molecule is Cc1cc(-c2nnn(C[C@H]3CC[C@@H](O)CC3)n2)cc(C(=O)NCc2ccc(F)c(C)c2)n1. The van der Waals surface area contributed by atoms with Crippen molar-refractivity contribution in [2.24, 2.45) is 5.92 Å². The molecule has 0 saturated heterocycles. The number of nitrogens with one attached hydrogen (secondary N) is 1. The number of rotatable bonds is 6. The van der Waals surface area contributed by atoms with Crippen molar-refractivity contribution >= 4 is 5.91 Å². The Morgan fingerprint density at radius 3 is 2.72 bits per heavy atom. The van der Waals surface area contributed by atoms with E-state index in [4.69, 9.17) is 0 Å². The number of hydrogen-bond acceptors (Lipinski definition) is 6. The summed E-state index contributed by atoms with van der Waals surface area (Å²) in [7, 11) is 0. The monoisotopic (exact) mass is 438 g/mol. The van der Waals surface area contributed by atoms with Gasteiger partial charge in [0.2, 0.25) is 5.82 Å². The smallest absolute Gasteiger partial charge is 0.270 e. The van der Waals surface area contributed by atoms with Crippen LogP contribution in [0.3, 0.4) is 0 Å². The molecule has 2 N–H and O–H groups in total. The molecule has 0 unspecified atom stereocenters. The molecule has 32 heavy (non-hydrogen) atoms. The van der Waals surface area contributed by atoms with Gasteiger partial charge in [-0.1, -0.05) is 12.1 Å². The van der Waals surface area contributed by atoms with Gasteiger partial charge in [0.25, 0.3) is 5.91 Å². The highest BCUT2D eigenvalue weighted by atomic mass is 19.1. The van der Waals surface area contributed by atoms with Crippen LogP contribution in [0.15, 0.2) is 30.3 Å². The molecule has 0 radical (unpaired) electrons. The molecule has 0 bridgehead atoms. The molecule has 0 atom stereocenters. The normalized spacial score (nSPS) is 18.5. The number of aryl methyl sites for hydroxylation is 2. The molecule has 1 saturated carbocycles. The van der Waals surface area contributed by atoms with E-state index in [0.29, 0.717) is 35.1 Å². The molecule has 1 amide bonds. The summed E-state index contributed by atoms with van der Waals surface area (Å²) in [6, 6.07) is 8.21. The van der Waals surface area contributed by atoms with Crippen LogP contribution >= 0.6 is 0 Å². The van der Waals surface area contributed by atoms with Crippen LogP contribution in [0.25, 0.3) is 11.4 Å². The molecule has 8 nitrogen and oxygen atoms in total. The van der Waals surface area contributed by atoms with Gasteiger partial charge in [0.05, 0.1) is 12.6 Å². The standard InChI is InChI=1S/C23H27FN6O2/c1-14-9-17(5-8-20(14)24)12-25-23(32)21-11-18(10-15(2)26-21)22-27-29-30(28-22)13-16-3-6-19(31)7-4-16/h5,8-11,16,19,31H,3-4,6-7,12-13H2,1-2H3,(H,25,32)/t16-,19+. The Hall–Kier alpha value is -3.20. The minimum atomic E-state index is -0.329. The lowest BCUT2D eigenvalue weighted by atomic mass is 9.88. The topological polar surface area (TPSA) is 106 Å². The van der Waals surface area contributed by atoms with Gasteiger partial charge in [-0.3, -0.25) is 4.79 Å². The van der Waals surface area contributed by atoms with Crippen LogP contribution < -0.4 is 5.32 Å². The third-order valence-electron chi connectivity index (χ3n) is 5.81. The number of hydrogen-bond donors (Lipinski definition) is 2. The number of aliphatic hydroxyl groups is 1. The quantitative estimate of drug-likeness (QED) is 0.613. The molecule has 1 fully saturated rings. The fourth-order valence-electron chi connectivity index (χ4n) is 4.00. The van der Waals surface area contributed by atoms with E-state index in [-0.39, 0.29) is 30.1 Å². The number of aromatic nitrogens is 5. The highest BCUT2D eigenvalue weighted by Gasteiger charge is 2.21. The third kappa shape index (κ3) is 5.34. The third-order valence-corrected chi connectivity index (χ3v) is 5.81. The van der Waals surface area contributed by atoms with E-state index in [1.807, 2.05) is 6.07 Å². The first-order valence-electron chi connectivity index (χ1n) is 10.9. The van der Waals surface area contributed by atoms with E-state index < -0.39 is 0 Å². The van der Waals surface area contributed by atoms with Crippen molar-refractivity contribution in [3.8, 4) is 11.4 Å². The lowest BCUT2D eigenvalue weighted by Gasteiger charge is -2.24. The van der Waals surface area contributed by atoms with Crippen molar-refractivity contribution in [1.82, 2.24) is 30.5 Å². The van der Waals surface area contributed by atoms with Crippen molar-refractivity contribution < 1.29 is 14.3 Å². The average molecular weight is 439 g/mol.